The molecule has 2 heterocycles. The minimum absolute atomic E-state index is 0.150. The molecule has 0 radical (unpaired) electrons. The van der Waals surface area contributed by atoms with Gasteiger partial charge < -0.3 is 30.2 Å². The summed E-state index contributed by atoms with van der Waals surface area (Å²) >= 11 is 0. The van der Waals surface area contributed by atoms with E-state index in [1.165, 1.54) is 34.2 Å². The predicted octanol–water partition coefficient (Wildman–Crippen LogP) is 3.51. The lowest BCUT2D eigenvalue weighted by Crippen LogP contribution is -2.49. The smallest absolute Gasteiger partial charge is 0.407 e. The number of hydrogen-bond acceptors (Lipinski definition) is 5. The molecule has 3 atom stereocenters. The van der Waals surface area contributed by atoms with Gasteiger partial charge in [0.05, 0.1) is 6.61 Å². The van der Waals surface area contributed by atoms with Gasteiger partial charge in [0.15, 0.2) is 11.5 Å². The Morgan fingerprint density at radius 3 is 2.97 bits per heavy atom. The normalized spacial score (nSPS) is 22.5. The van der Waals surface area contributed by atoms with Gasteiger partial charge in [-0.25, -0.2) is 4.79 Å². The van der Waals surface area contributed by atoms with Gasteiger partial charge in [-0.1, -0.05) is 18.2 Å². The summed E-state index contributed by atoms with van der Waals surface area (Å²) in [7, 11) is 2.18. The van der Waals surface area contributed by atoms with Crippen LogP contribution in [0.4, 0.5) is 4.79 Å². The molecule has 1 fully saturated rings. The van der Waals surface area contributed by atoms with Crippen molar-refractivity contribution >= 4 is 17.0 Å². The van der Waals surface area contributed by atoms with Crippen LogP contribution < -0.4 is 5.32 Å². The van der Waals surface area contributed by atoms with Gasteiger partial charge in [0.1, 0.15) is 0 Å². The number of likely N-dealkylation sites (tertiary alicyclic amines) is 1. The molecule has 2 aromatic carbocycles. The van der Waals surface area contributed by atoms with Crippen molar-refractivity contribution in [3.63, 3.8) is 0 Å². The number of rotatable bonds is 5. The summed E-state index contributed by atoms with van der Waals surface area (Å²) in [5.74, 6) is 0.425. The Balaban J connectivity index is 1.16. The van der Waals surface area contributed by atoms with E-state index in [1.807, 2.05) is 0 Å². The number of H-pyrrole nitrogens is 1. The van der Waals surface area contributed by atoms with Crippen LogP contribution in [0.1, 0.15) is 29.0 Å². The molecular weight excluding hydrogens is 406 g/mol. The number of amides is 1. The Labute approximate surface area is 187 Å². The number of aromatic amines is 1. The van der Waals surface area contributed by atoms with Crippen LogP contribution in [0.5, 0.6) is 11.5 Å². The molecule has 1 aliphatic heterocycles. The maximum atomic E-state index is 12.2. The zero-order valence-corrected chi connectivity index (χ0v) is 18.2. The molecule has 7 heteroatoms. The Bertz CT molecular complexity index is 1140. The molecule has 1 aromatic heterocycles. The van der Waals surface area contributed by atoms with Crippen molar-refractivity contribution in [3.8, 4) is 11.5 Å². The van der Waals surface area contributed by atoms with Crippen molar-refractivity contribution in [2.24, 2.45) is 5.92 Å². The number of nitrogens with zero attached hydrogens (tertiary/aromatic N) is 1. The van der Waals surface area contributed by atoms with E-state index in [-0.39, 0.29) is 17.4 Å². The third-order valence-corrected chi connectivity index (χ3v) is 6.99. The lowest BCUT2D eigenvalue weighted by molar-refractivity contribution is 0.0622. The van der Waals surface area contributed by atoms with Crippen LogP contribution in [-0.4, -0.2) is 59.0 Å². The van der Waals surface area contributed by atoms with E-state index in [1.54, 1.807) is 6.07 Å². The highest BCUT2D eigenvalue weighted by Gasteiger charge is 2.39. The number of hydrogen-bond donors (Lipinski definition) is 4. The molecular formula is C25H29N3O4. The molecule has 3 aromatic rings. The maximum absolute atomic E-state index is 12.2. The van der Waals surface area contributed by atoms with Crippen molar-refractivity contribution in [1.29, 1.82) is 0 Å². The second kappa shape index (κ2) is 8.39. The summed E-state index contributed by atoms with van der Waals surface area (Å²) in [5.41, 5.74) is 4.85. The van der Waals surface area contributed by atoms with Crippen molar-refractivity contribution in [2.45, 2.75) is 31.2 Å². The summed E-state index contributed by atoms with van der Waals surface area (Å²) in [6, 6.07) is 11.7. The Morgan fingerprint density at radius 1 is 1.25 bits per heavy atom. The number of benzene rings is 2. The van der Waals surface area contributed by atoms with Crippen LogP contribution in [-0.2, 0) is 17.6 Å². The second-order valence-electron chi connectivity index (χ2n) is 9.10. The molecule has 2 aliphatic rings. The molecule has 4 N–H and O–H groups in total. The summed E-state index contributed by atoms with van der Waals surface area (Å²) in [6.07, 6.45) is 4.34. The topological polar surface area (TPSA) is 97.8 Å². The zero-order chi connectivity index (χ0) is 22.2. The van der Waals surface area contributed by atoms with Gasteiger partial charge in [0.2, 0.25) is 0 Å². The van der Waals surface area contributed by atoms with Gasteiger partial charge in [-0.15, -0.1) is 0 Å². The van der Waals surface area contributed by atoms with E-state index in [0.29, 0.717) is 31.5 Å². The van der Waals surface area contributed by atoms with Gasteiger partial charge in [0, 0.05) is 48.1 Å². The molecule has 1 amide bonds. The molecule has 0 saturated carbocycles. The second-order valence-corrected chi connectivity index (χ2v) is 9.10. The summed E-state index contributed by atoms with van der Waals surface area (Å²) in [4.78, 5) is 18.0. The van der Waals surface area contributed by atoms with Crippen molar-refractivity contribution in [3.05, 3.63) is 59.3 Å². The minimum Gasteiger partial charge on any atom is -0.504 e. The van der Waals surface area contributed by atoms with Crippen LogP contribution in [0.3, 0.4) is 0 Å². The van der Waals surface area contributed by atoms with Gasteiger partial charge in [-0.05, 0) is 61.2 Å². The monoisotopic (exact) mass is 435 g/mol. The molecule has 5 rings (SSSR count). The number of nitrogens with one attached hydrogen (secondary N) is 2. The summed E-state index contributed by atoms with van der Waals surface area (Å²) < 4.78 is 5.55. The number of carbonyl (C=O) groups is 1. The first-order valence-corrected chi connectivity index (χ1v) is 11.2. The molecule has 32 heavy (non-hydrogen) atoms. The van der Waals surface area contributed by atoms with Crippen LogP contribution in [0, 0.1) is 5.92 Å². The van der Waals surface area contributed by atoms with E-state index >= 15 is 0 Å². The number of ether oxygens (including phenoxy) is 1. The highest BCUT2D eigenvalue weighted by atomic mass is 16.5. The van der Waals surface area contributed by atoms with Gasteiger partial charge in [-0.2, -0.15) is 0 Å². The van der Waals surface area contributed by atoms with E-state index in [4.69, 9.17) is 4.74 Å². The Hall–Kier alpha value is -3.19. The largest absolute Gasteiger partial charge is 0.504 e. The highest BCUT2D eigenvalue weighted by molar-refractivity contribution is 5.88. The number of alkyl carbamates (subject to hydrolysis) is 1. The van der Waals surface area contributed by atoms with Crippen LogP contribution in [0.2, 0.25) is 0 Å². The predicted molar refractivity (Wildman–Crippen MR) is 122 cm³/mol. The van der Waals surface area contributed by atoms with Gasteiger partial charge >= 0.3 is 6.09 Å². The molecule has 1 saturated heterocycles. The first-order chi connectivity index (χ1) is 15.5. The van der Waals surface area contributed by atoms with E-state index in [9.17, 15) is 15.0 Å². The molecule has 168 valence electrons. The maximum Gasteiger partial charge on any atom is 0.407 e. The Morgan fingerprint density at radius 2 is 2.12 bits per heavy atom. The number of carbonyl (C=O) groups excluding carboxylic acids is 1. The molecule has 1 unspecified atom stereocenters. The lowest BCUT2D eigenvalue weighted by atomic mass is 9.72. The number of likely N-dealkylation sites (N-methyl/N-ethyl adjacent to an activating group) is 1. The number of fused-ring (bicyclic) bond motifs is 2. The standard InChI is InChI=1S/C25H29N3O4/c1-28-13-16(14-32-25(31)26-8-7-15-5-6-22(29)23(30)10-15)9-19-18-3-2-4-20-24(18)17(12-27-20)11-21(19)28/h2-6,10,12,16,19,21,27,29-30H,7-9,11,13-14H2,1H3,(H,26,31)/t16?,19-,21-/m0/s1. The number of phenolic OH excluding ortho intramolecular Hbond substituents is 2. The minimum atomic E-state index is -0.420. The summed E-state index contributed by atoms with van der Waals surface area (Å²) in [6.45, 7) is 1.71. The third kappa shape index (κ3) is 3.88. The van der Waals surface area contributed by atoms with Gasteiger partial charge in [0.25, 0.3) is 0 Å². The van der Waals surface area contributed by atoms with Gasteiger partial charge in [-0.3, -0.25) is 0 Å². The zero-order valence-electron chi connectivity index (χ0n) is 18.2. The molecule has 7 nitrogen and oxygen atoms in total. The molecule has 0 spiro atoms. The SMILES string of the molecule is CN1CC(COC(=O)NCCc2ccc(O)c(O)c2)C[C@H]2c3cccc4[nH]cc(c34)C[C@@H]21. The van der Waals surface area contributed by atoms with Crippen molar-refractivity contribution < 1.29 is 19.7 Å². The number of aromatic hydroxyl groups is 2. The molecule has 0 bridgehead atoms. The third-order valence-electron chi connectivity index (χ3n) is 6.99. The molecule has 1 aliphatic carbocycles. The van der Waals surface area contributed by atoms with Crippen LogP contribution in [0.15, 0.2) is 42.6 Å². The number of phenols is 2. The fourth-order valence-electron chi connectivity index (χ4n) is 5.45. The van der Waals surface area contributed by atoms with Crippen molar-refractivity contribution in [1.82, 2.24) is 15.2 Å². The van der Waals surface area contributed by atoms with E-state index < -0.39 is 6.09 Å². The lowest BCUT2D eigenvalue weighted by Gasteiger charge is -2.45. The fourth-order valence-corrected chi connectivity index (χ4v) is 5.45. The first-order valence-electron chi connectivity index (χ1n) is 11.2. The first kappa shape index (κ1) is 20.7. The average molecular weight is 436 g/mol. The summed E-state index contributed by atoms with van der Waals surface area (Å²) in [5, 5.41) is 23.1. The Kier molecular flexibility index (Phi) is 5.43. The van der Waals surface area contributed by atoms with E-state index in [2.05, 4.69) is 46.6 Å². The number of aromatic nitrogens is 1. The average Bonchev–Trinajstić information content (AvgIpc) is 3.20. The van der Waals surface area contributed by atoms with Crippen LogP contribution >= 0.6 is 0 Å². The highest BCUT2D eigenvalue weighted by Crippen LogP contribution is 2.44. The fraction of sp³-hybridized carbons (Fsp3) is 0.400. The van der Waals surface area contributed by atoms with Crippen LogP contribution in [0.25, 0.3) is 10.9 Å². The van der Waals surface area contributed by atoms with E-state index in [0.717, 1.165) is 24.9 Å². The quantitative estimate of drug-likeness (QED) is 0.460. The van der Waals surface area contributed by atoms with Crippen molar-refractivity contribution in [2.75, 3.05) is 26.7 Å². The number of piperidine rings is 1.